The molecular formula is C18H21BrClNO3. The van der Waals surface area contributed by atoms with Gasteiger partial charge < -0.3 is 15.2 Å². The summed E-state index contributed by atoms with van der Waals surface area (Å²) in [5.74, 6) is 0.446. The highest BCUT2D eigenvalue weighted by Crippen LogP contribution is 2.29. The number of ether oxygens (including phenoxy) is 2. The SMILES string of the molecule is CCOC(=O)C[C@H](N)c1ccc(OCc2ccccc2)c(Br)c1.Cl. The Kier molecular flexibility index (Phi) is 8.82. The van der Waals surface area contributed by atoms with E-state index in [9.17, 15) is 4.79 Å². The predicted molar refractivity (Wildman–Crippen MR) is 100 cm³/mol. The van der Waals surface area contributed by atoms with E-state index in [0.29, 0.717) is 13.2 Å². The molecule has 0 aliphatic carbocycles. The van der Waals surface area contributed by atoms with E-state index in [2.05, 4.69) is 15.9 Å². The number of carbonyl (C=O) groups excluding carboxylic acids is 1. The Morgan fingerprint density at radius 3 is 2.54 bits per heavy atom. The molecule has 2 rings (SSSR count). The predicted octanol–water partition coefficient (Wildman–Crippen LogP) is 4.40. The summed E-state index contributed by atoms with van der Waals surface area (Å²) < 4.78 is 11.5. The van der Waals surface area contributed by atoms with E-state index in [4.69, 9.17) is 15.2 Å². The largest absolute Gasteiger partial charge is 0.488 e. The average molecular weight is 415 g/mol. The zero-order chi connectivity index (χ0) is 16.7. The molecule has 0 aliphatic heterocycles. The van der Waals surface area contributed by atoms with Gasteiger partial charge in [-0.3, -0.25) is 4.79 Å². The van der Waals surface area contributed by atoms with Gasteiger partial charge in [-0.2, -0.15) is 0 Å². The fraction of sp³-hybridized carbons (Fsp3) is 0.278. The molecule has 130 valence electrons. The second-order valence-electron chi connectivity index (χ2n) is 5.08. The molecule has 2 aromatic carbocycles. The lowest BCUT2D eigenvalue weighted by Gasteiger charge is -2.14. The van der Waals surface area contributed by atoms with Gasteiger partial charge in [-0.15, -0.1) is 12.4 Å². The van der Waals surface area contributed by atoms with E-state index < -0.39 is 6.04 Å². The minimum Gasteiger partial charge on any atom is -0.488 e. The Labute approximate surface area is 156 Å². The molecule has 0 radical (unpaired) electrons. The van der Waals surface area contributed by atoms with Crippen molar-refractivity contribution in [1.82, 2.24) is 0 Å². The molecular weight excluding hydrogens is 394 g/mol. The third kappa shape index (κ3) is 6.15. The van der Waals surface area contributed by atoms with Gasteiger partial charge in [0.25, 0.3) is 0 Å². The van der Waals surface area contributed by atoms with Crippen molar-refractivity contribution in [3.05, 3.63) is 64.1 Å². The summed E-state index contributed by atoms with van der Waals surface area (Å²) >= 11 is 3.49. The Hall–Kier alpha value is -1.56. The molecule has 0 unspecified atom stereocenters. The van der Waals surface area contributed by atoms with Crippen molar-refractivity contribution in [3.8, 4) is 5.75 Å². The van der Waals surface area contributed by atoms with E-state index in [-0.39, 0.29) is 24.8 Å². The van der Waals surface area contributed by atoms with Gasteiger partial charge in [0.2, 0.25) is 0 Å². The molecule has 2 N–H and O–H groups in total. The first-order valence-corrected chi connectivity index (χ1v) is 8.26. The van der Waals surface area contributed by atoms with Crippen LogP contribution in [-0.2, 0) is 16.1 Å². The summed E-state index contributed by atoms with van der Waals surface area (Å²) in [5, 5.41) is 0. The summed E-state index contributed by atoms with van der Waals surface area (Å²) in [6.45, 7) is 2.63. The van der Waals surface area contributed by atoms with Crippen LogP contribution in [0.3, 0.4) is 0 Å². The minimum atomic E-state index is -0.395. The second kappa shape index (κ2) is 10.3. The van der Waals surface area contributed by atoms with E-state index in [1.165, 1.54) is 0 Å². The number of hydrogen-bond donors (Lipinski definition) is 1. The van der Waals surface area contributed by atoms with Gasteiger partial charge in [0.15, 0.2) is 0 Å². The number of esters is 1. The number of hydrogen-bond acceptors (Lipinski definition) is 4. The highest BCUT2D eigenvalue weighted by Gasteiger charge is 2.14. The second-order valence-corrected chi connectivity index (χ2v) is 5.93. The van der Waals surface area contributed by atoms with Crippen LogP contribution in [0.1, 0.15) is 30.5 Å². The van der Waals surface area contributed by atoms with Crippen molar-refractivity contribution in [2.24, 2.45) is 5.73 Å². The van der Waals surface area contributed by atoms with Crippen molar-refractivity contribution in [1.29, 1.82) is 0 Å². The van der Waals surface area contributed by atoms with Crippen molar-refractivity contribution < 1.29 is 14.3 Å². The van der Waals surface area contributed by atoms with Gasteiger partial charge in [0.1, 0.15) is 12.4 Å². The van der Waals surface area contributed by atoms with Crippen molar-refractivity contribution in [3.63, 3.8) is 0 Å². The molecule has 0 fully saturated rings. The number of halogens is 2. The topological polar surface area (TPSA) is 61.5 Å². The first-order valence-electron chi connectivity index (χ1n) is 7.47. The summed E-state index contributed by atoms with van der Waals surface area (Å²) in [7, 11) is 0. The van der Waals surface area contributed by atoms with Crippen LogP contribution in [0.2, 0.25) is 0 Å². The minimum absolute atomic E-state index is 0. The molecule has 0 heterocycles. The molecule has 1 atom stereocenters. The molecule has 6 heteroatoms. The maximum absolute atomic E-state index is 11.5. The van der Waals surface area contributed by atoms with Gasteiger partial charge in [-0.1, -0.05) is 36.4 Å². The molecule has 0 spiro atoms. The fourth-order valence-electron chi connectivity index (χ4n) is 2.12. The smallest absolute Gasteiger partial charge is 0.307 e. The van der Waals surface area contributed by atoms with E-state index in [1.54, 1.807) is 6.92 Å². The third-order valence-electron chi connectivity index (χ3n) is 3.31. The van der Waals surface area contributed by atoms with Crippen molar-refractivity contribution >= 4 is 34.3 Å². The quantitative estimate of drug-likeness (QED) is 0.682. The van der Waals surface area contributed by atoms with Gasteiger partial charge in [0, 0.05) is 6.04 Å². The van der Waals surface area contributed by atoms with Crippen LogP contribution < -0.4 is 10.5 Å². The Morgan fingerprint density at radius 2 is 1.92 bits per heavy atom. The zero-order valence-electron chi connectivity index (χ0n) is 13.4. The highest BCUT2D eigenvalue weighted by atomic mass is 79.9. The summed E-state index contributed by atoms with van der Waals surface area (Å²) in [4.78, 5) is 11.5. The van der Waals surface area contributed by atoms with E-state index in [1.807, 2.05) is 48.5 Å². The van der Waals surface area contributed by atoms with Crippen LogP contribution in [0.15, 0.2) is 53.0 Å². The van der Waals surface area contributed by atoms with Gasteiger partial charge in [-0.25, -0.2) is 0 Å². The average Bonchev–Trinajstić information content (AvgIpc) is 2.54. The maximum atomic E-state index is 11.5. The van der Waals surface area contributed by atoms with E-state index >= 15 is 0 Å². The van der Waals surface area contributed by atoms with Gasteiger partial charge in [0.05, 0.1) is 17.5 Å². The lowest BCUT2D eigenvalue weighted by Crippen LogP contribution is -2.17. The number of nitrogens with two attached hydrogens (primary N) is 1. The number of carbonyl (C=O) groups is 1. The van der Waals surface area contributed by atoms with Crippen LogP contribution in [-0.4, -0.2) is 12.6 Å². The third-order valence-corrected chi connectivity index (χ3v) is 3.93. The molecule has 0 aromatic heterocycles. The Balaban J connectivity index is 0.00000288. The number of benzene rings is 2. The monoisotopic (exact) mass is 413 g/mol. The molecule has 4 nitrogen and oxygen atoms in total. The standard InChI is InChI=1S/C18H20BrNO3.ClH/c1-2-22-18(21)11-16(20)14-8-9-17(15(19)10-14)23-12-13-6-4-3-5-7-13;/h3-10,16H,2,11-12,20H2,1H3;1H/t16-;/m0./s1. The van der Waals surface area contributed by atoms with Crippen LogP contribution >= 0.6 is 28.3 Å². The zero-order valence-corrected chi connectivity index (χ0v) is 15.8. The lowest BCUT2D eigenvalue weighted by molar-refractivity contribution is -0.143. The molecule has 24 heavy (non-hydrogen) atoms. The van der Waals surface area contributed by atoms with Crippen LogP contribution in [0.5, 0.6) is 5.75 Å². The van der Waals surface area contributed by atoms with Crippen molar-refractivity contribution in [2.75, 3.05) is 6.61 Å². The molecule has 2 aromatic rings. The van der Waals surface area contributed by atoms with Crippen LogP contribution in [0, 0.1) is 0 Å². The van der Waals surface area contributed by atoms with Crippen LogP contribution in [0.25, 0.3) is 0 Å². The number of rotatable bonds is 7. The summed E-state index contributed by atoms with van der Waals surface area (Å²) in [5.41, 5.74) is 8.01. The first kappa shape index (κ1) is 20.5. The van der Waals surface area contributed by atoms with Crippen LogP contribution in [0.4, 0.5) is 0 Å². The lowest BCUT2D eigenvalue weighted by atomic mass is 10.0. The first-order chi connectivity index (χ1) is 11.1. The normalized spacial score (nSPS) is 11.3. The Bertz CT molecular complexity index is 652. The molecule has 0 bridgehead atoms. The van der Waals surface area contributed by atoms with Gasteiger partial charge >= 0.3 is 5.97 Å². The molecule has 0 saturated carbocycles. The molecule has 0 amide bonds. The van der Waals surface area contributed by atoms with E-state index in [0.717, 1.165) is 21.3 Å². The molecule has 0 aliphatic rings. The highest BCUT2D eigenvalue weighted by molar-refractivity contribution is 9.10. The summed E-state index contributed by atoms with van der Waals surface area (Å²) in [6, 6.07) is 15.2. The Morgan fingerprint density at radius 1 is 1.21 bits per heavy atom. The fourth-order valence-corrected chi connectivity index (χ4v) is 2.63. The van der Waals surface area contributed by atoms with Crippen molar-refractivity contribution in [2.45, 2.75) is 26.0 Å². The summed E-state index contributed by atoms with van der Waals surface area (Å²) in [6.07, 6.45) is 0.157. The maximum Gasteiger partial charge on any atom is 0.307 e. The van der Waals surface area contributed by atoms with Gasteiger partial charge in [-0.05, 0) is 46.1 Å². The molecule has 0 saturated heterocycles.